The zero-order valence-electron chi connectivity index (χ0n) is 11.3. The molecule has 1 aliphatic rings. The summed E-state index contributed by atoms with van der Waals surface area (Å²) >= 11 is 3.49. The molecule has 7 heteroatoms. The molecule has 0 aromatic carbocycles. The fourth-order valence-electron chi connectivity index (χ4n) is 2.53. The van der Waals surface area contributed by atoms with E-state index in [4.69, 9.17) is 4.74 Å². The number of hydrogen-bond donors (Lipinski definition) is 0. The minimum absolute atomic E-state index is 0.230. The first-order valence-electron chi connectivity index (χ1n) is 6.51. The minimum Gasteiger partial charge on any atom is -0.372 e. The summed E-state index contributed by atoms with van der Waals surface area (Å²) in [6.07, 6.45) is 4.60. The summed E-state index contributed by atoms with van der Waals surface area (Å²) in [4.78, 5) is 11.0. The smallest absolute Gasteiger partial charge is 0.164 e. The van der Waals surface area contributed by atoms with Gasteiger partial charge in [-0.1, -0.05) is 6.08 Å². The molecule has 0 spiro atoms. The Bertz CT molecular complexity index is 641. The molecule has 6 nitrogen and oxygen atoms in total. The highest BCUT2D eigenvalue weighted by molar-refractivity contribution is 9.10. The Morgan fingerprint density at radius 2 is 2.40 bits per heavy atom. The topological polar surface area (TPSA) is 56.1 Å². The van der Waals surface area contributed by atoms with Crippen molar-refractivity contribution in [2.75, 3.05) is 24.6 Å². The molecule has 0 N–H and O–H groups in total. The average Bonchev–Trinajstić information content (AvgIpc) is 3.02. The van der Waals surface area contributed by atoms with Crippen molar-refractivity contribution in [1.82, 2.24) is 19.7 Å². The molecule has 1 unspecified atom stereocenters. The van der Waals surface area contributed by atoms with Crippen molar-refractivity contribution in [2.45, 2.75) is 12.5 Å². The minimum atomic E-state index is 0.230. The van der Waals surface area contributed by atoms with Crippen LogP contribution in [0.5, 0.6) is 0 Å². The van der Waals surface area contributed by atoms with Crippen molar-refractivity contribution in [3.63, 3.8) is 0 Å². The fourth-order valence-corrected chi connectivity index (χ4v) is 3.12. The molecule has 0 bridgehead atoms. The second-order valence-electron chi connectivity index (χ2n) is 4.79. The molecule has 0 radical (unpaired) electrons. The van der Waals surface area contributed by atoms with E-state index in [0.717, 1.165) is 41.0 Å². The quantitative estimate of drug-likeness (QED) is 0.797. The number of hydrogen-bond acceptors (Lipinski definition) is 5. The largest absolute Gasteiger partial charge is 0.372 e. The van der Waals surface area contributed by atoms with Gasteiger partial charge in [0.25, 0.3) is 0 Å². The van der Waals surface area contributed by atoms with Crippen molar-refractivity contribution in [1.29, 1.82) is 0 Å². The molecule has 2 aromatic heterocycles. The highest BCUT2D eigenvalue weighted by Crippen LogP contribution is 2.31. The lowest BCUT2D eigenvalue weighted by Gasteiger charge is -2.18. The van der Waals surface area contributed by atoms with Crippen molar-refractivity contribution < 1.29 is 4.74 Å². The molecule has 1 saturated heterocycles. The first-order chi connectivity index (χ1) is 9.70. The number of anilines is 1. The van der Waals surface area contributed by atoms with Crippen molar-refractivity contribution in [3.05, 3.63) is 23.6 Å². The molecule has 1 fully saturated rings. The van der Waals surface area contributed by atoms with Gasteiger partial charge < -0.3 is 9.64 Å². The second-order valence-corrected chi connectivity index (χ2v) is 5.54. The molecule has 0 aliphatic carbocycles. The first kappa shape index (κ1) is 13.5. The van der Waals surface area contributed by atoms with Crippen LogP contribution in [0, 0.1) is 0 Å². The van der Waals surface area contributed by atoms with Crippen LogP contribution in [-0.4, -0.2) is 45.5 Å². The van der Waals surface area contributed by atoms with Crippen LogP contribution in [0.4, 0.5) is 5.82 Å². The average molecular weight is 338 g/mol. The number of nitrogens with zero attached hydrogens (tertiary/aromatic N) is 5. The second kappa shape index (κ2) is 5.49. The lowest BCUT2D eigenvalue weighted by atomic mass is 10.3. The summed E-state index contributed by atoms with van der Waals surface area (Å²) in [7, 11) is 1.88. The number of rotatable bonds is 4. The number of aryl methyl sites for hydroxylation is 1. The summed E-state index contributed by atoms with van der Waals surface area (Å²) in [6, 6.07) is 0. The molecule has 0 amide bonds. The third-order valence-electron chi connectivity index (χ3n) is 3.45. The lowest BCUT2D eigenvalue weighted by Crippen LogP contribution is -2.24. The van der Waals surface area contributed by atoms with Crippen LogP contribution in [0.3, 0.4) is 0 Å². The Hall–Kier alpha value is -1.47. The number of halogens is 1. The lowest BCUT2D eigenvalue weighted by molar-refractivity contribution is 0.0909. The van der Waals surface area contributed by atoms with Crippen molar-refractivity contribution in [2.24, 2.45) is 7.05 Å². The highest BCUT2D eigenvalue weighted by Gasteiger charge is 2.26. The maximum atomic E-state index is 5.72. The zero-order chi connectivity index (χ0) is 14.1. The van der Waals surface area contributed by atoms with Crippen LogP contribution in [0.2, 0.25) is 0 Å². The number of aromatic nitrogens is 4. The molecule has 1 aliphatic heterocycles. The maximum Gasteiger partial charge on any atom is 0.164 e. The van der Waals surface area contributed by atoms with Gasteiger partial charge in [-0.05, 0) is 22.4 Å². The number of ether oxygens (including phenoxy) is 1. The third-order valence-corrected chi connectivity index (χ3v) is 4.01. The third kappa shape index (κ3) is 2.31. The van der Waals surface area contributed by atoms with Gasteiger partial charge in [-0.2, -0.15) is 5.10 Å². The van der Waals surface area contributed by atoms with Gasteiger partial charge in [0.15, 0.2) is 5.65 Å². The maximum absolute atomic E-state index is 5.72. The van der Waals surface area contributed by atoms with E-state index >= 15 is 0 Å². The van der Waals surface area contributed by atoms with Crippen LogP contribution in [0.25, 0.3) is 11.0 Å². The Kier molecular flexibility index (Phi) is 3.71. The Balaban J connectivity index is 1.90. The van der Waals surface area contributed by atoms with E-state index in [9.17, 15) is 0 Å². The van der Waals surface area contributed by atoms with Gasteiger partial charge >= 0.3 is 0 Å². The van der Waals surface area contributed by atoms with Crippen molar-refractivity contribution >= 4 is 32.8 Å². The Morgan fingerprint density at radius 1 is 1.55 bits per heavy atom. The van der Waals surface area contributed by atoms with Gasteiger partial charge in [0.1, 0.15) is 16.7 Å². The Labute approximate surface area is 125 Å². The van der Waals surface area contributed by atoms with E-state index in [1.165, 1.54) is 0 Å². The molecule has 106 valence electrons. The van der Waals surface area contributed by atoms with Gasteiger partial charge in [0.2, 0.25) is 0 Å². The monoisotopic (exact) mass is 337 g/mol. The van der Waals surface area contributed by atoms with Crippen LogP contribution >= 0.6 is 15.9 Å². The zero-order valence-corrected chi connectivity index (χ0v) is 12.9. The van der Waals surface area contributed by atoms with E-state index in [2.05, 4.69) is 42.5 Å². The van der Waals surface area contributed by atoms with E-state index in [1.807, 2.05) is 7.05 Å². The van der Waals surface area contributed by atoms with E-state index in [1.54, 1.807) is 17.1 Å². The molecule has 3 rings (SSSR count). The molecular weight excluding hydrogens is 322 g/mol. The number of fused-ring (bicyclic) bond motifs is 1. The first-order valence-corrected chi connectivity index (χ1v) is 7.30. The predicted molar refractivity (Wildman–Crippen MR) is 80.8 cm³/mol. The molecule has 20 heavy (non-hydrogen) atoms. The summed E-state index contributed by atoms with van der Waals surface area (Å²) in [5, 5.41) is 5.31. The summed E-state index contributed by atoms with van der Waals surface area (Å²) in [5.41, 5.74) is 0.831. The van der Waals surface area contributed by atoms with Crippen LogP contribution in [0.1, 0.15) is 6.42 Å². The molecule has 1 atom stereocenters. The van der Waals surface area contributed by atoms with E-state index < -0.39 is 0 Å². The van der Waals surface area contributed by atoms with E-state index in [0.29, 0.717) is 6.61 Å². The SMILES string of the molecule is C=CCOC1CCN(c2ncnc3c2c(Br)nn3C)C1. The van der Waals surface area contributed by atoms with Gasteiger partial charge in [0, 0.05) is 20.1 Å². The van der Waals surface area contributed by atoms with Crippen LogP contribution in [0.15, 0.2) is 23.6 Å². The predicted octanol–water partition coefficient (Wildman–Crippen LogP) is 1.91. The fraction of sp³-hybridized carbons (Fsp3) is 0.462. The normalized spacial score (nSPS) is 18.9. The van der Waals surface area contributed by atoms with Gasteiger partial charge in [-0.3, -0.25) is 0 Å². The Morgan fingerprint density at radius 3 is 3.20 bits per heavy atom. The summed E-state index contributed by atoms with van der Waals surface area (Å²) in [6.45, 7) is 6.03. The van der Waals surface area contributed by atoms with Gasteiger partial charge in [-0.25, -0.2) is 14.6 Å². The van der Waals surface area contributed by atoms with E-state index in [-0.39, 0.29) is 6.10 Å². The highest BCUT2D eigenvalue weighted by atomic mass is 79.9. The molecule has 0 saturated carbocycles. The van der Waals surface area contributed by atoms with Gasteiger partial charge in [0.05, 0.1) is 18.1 Å². The van der Waals surface area contributed by atoms with Crippen LogP contribution in [-0.2, 0) is 11.8 Å². The molecule has 2 aromatic rings. The van der Waals surface area contributed by atoms with Crippen LogP contribution < -0.4 is 4.90 Å². The molecular formula is C13H16BrN5O. The standard InChI is InChI=1S/C13H16BrN5O/c1-3-6-20-9-4-5-19(7-9)13-10-11(14)17-18(2)12(10)15-8-16-13/h3,8-9H,1,4-7H2,2H3. The van der Waals surface area contributed by atoms with Gasteiger partial charge in [-0.15, -0.1) is 6.58 Å². The van der Waals surface area contributed by atoms with Crippen molar-refractivity contribution in [3.8, 4) is 0 Å². The summed E-state index contributed by atoms with van der Waals surface area (Å²) in [5.74, 6) is 0.916. The summed E-state index contributed by atoms with van der Waals surface area (Å²) < 4.78 is 8.25. The molecule has 3 heterocycles.